The lowest BCUT2D eigenvalue weighted by Crippen LogP contribution is -2.44. The molecule has 0 saturated heterocycles. The number of aliphatic hydroxyl groups excluding tert-OH is 1. The fraction of sp³-hybridized carbons (Fsp3) is 0.438. The van der Waals surface area contributed by atoms with Crippen LogP contribution in [-0.2, 0) is 4.79 Å². The van der Waals surface area contributed by atoms with Crippen LogP contribution < -0.4 is 5.32 Å². The molecular weight excluding hydrogens is 238 g/mol. The van der Waals surface area contributed by atoms with E-state index < -0.39 is 6.10 Å². The van der Waals surface area contributed by atoms with Gasteiger partial charge in [0.2, 0.25) is 5.91 Å². The lowest BCUT2D eigenvalue weighted by Gasteiger charge is -2.27. The molecule has 1 fully saturated rings. The number of hydrogen-bond donors (Lipinski definition) is 2. The van der Waals surface area contributed by atoms with Crippen molar-refractivity contribution in [2.24, 2.45) is 0 Å². The van der Waals surface area contributed by atoms with Crippen LogP contribution in [0.4, 0.5) is 0 Å². The van der Waals surface area contributed by atoms with Crippen molar-refractivity contribution in [2.75, 3.05) is 0 Å². The first-order chi connectivity index (χ1) is 9.15. The summed E-state index contributed by atoms with van der Waals surface area (Å²) in [5.41, 5.74) is 2.18. The minimum absolute atomic E-state index is 0.0941. The molecule has 19 heavy (non-hydrogen) atoms. The third kappa shape index (κ3) is 4.21. The molecular formula is C16H21NO2. The summed E-state index contributed by atoms with van der Waals surface area (Å²) in [4.78, 5) is 11.8. The van der Waals surface area contributed by atoms with Gasteiger partial charge in [-0.15, -0.1) is 0 Å². The van der Waals surface area contributed by atoms with E-state index in [9.17, 15) is 9.90 Å². The number of carbonyl (C=O) groups excluding carboxylic acids is 1. The van der Waals surface area contributed by atoms with Crippen LogP contribution in [0.3, 0.4) is 0 Å². The van der Waals surface area contributed by atoms with Gasteiger partial charge in [0.1, 0.15) is 0 Å². The summed E-state index contributed by atoms with van der Waals surface area (Å²) < 4.78 is 0. The fourth-order valence-corrected chi connectivity index (χ4v) is 2.46. The first-order valence-electron chi connectivity index (χ1n) is 6.88. The number of aryl methyl sites for hydroxylation is 1. The Morgan fingerprint density at radius 3 is 2.89 bits per heavy atom. The Balaban J connectivity index is 1.90. The van der Waals surface area contributed by atoms with E-state index in [0.717, 1.165) is 31.2 Å². The van der Waals surface area contributed by atoms with Gasteiger partial charge in [-0.05, 0) is 31.4 Å². The van der Waals surface area contributed by atoms with Gasteiger partial charge < -0.3 is 10.4 Å². The SMILES string of the molecule is Cc1cccc(C=CC(=O)NC2CCCCC2O)c1. The normalized spacial score (nSPS) is 23.5. The van der Waals surface area contributed by atoms with Crippen molar-refractivity contribution >= 4 is 12.0 Å². The molecule has 0 radical (unpaired) electrons. The summed E-state index contributed by atoms with van der Waals surface area (Å²) in [6.45, 7) is 2.02. The summed E-state index contributed by atoms with van der Waals surface area (Å²) in [6, 6.07) is 7.89. The smallest absolute Gasteiger partial charge is 0.244 e. The Morgan fingerprint density at radius 2 is 2.16 bits per heavy atom. The molecule has 2 unspecified atom stereocenters. The monoisotopic (exact) mass is 259 g/mol. The van der Waals surface area contributed by atoms with Gasteiger partial charge in [0.05, 0.1) is 12.1 Å². The van der Waals surface area contributed by atoms with Gasteiger partial charge in [-0.3, -0.25) is 4.79 Å². The van der Waals surface area contributed by atoms with Crippen LogP contribution in [0.5, 0.6) is 0 Å². The number of carbonyl (C=O) groups is 1. The first-order valence-corrected chi connectivity index (χ1v) is 6.88. The molecule has 2 atom stereocenters. The summed E-state index contributed by atoms with van der Waals surface area (Å²) >= 11 is 0. The largest absolute Gasteiger partial charge is 0.391 e. The van der Waals surface area contributed by atoms with Crippen LogP contribution in [0.25, 0.3) is 6.08 Å². The van der Waals surface area contributed by atoms with Crippen molar-refractivity contribution in [3.63, 3.8) is 0 Å². The maximum atomic E-state index is 11.8. The first kappa shape index (κ1) is 13.8. The molecule has 1 aromatic rings. The zero-order chi connectivity index (χ0) is 13.7. The highest BCUT2D eigenvalue weighted by Gasteiger charge is 2.23. The maximum absolute atomic E-state index is 11.8. The average molecular weight is 259 g/mol. The highest BCUT2D eigenvalue weighted by Crippen LogP contribution is 2.18. The van der Waals surface area contributed by atoms with E-state index >= 15 is 0 Å². The fourth-order valence-electron chi connectivity index (χ4n) is 2.46. The van der Waals surface area contributed by atoms with Crippen LogP contribution in [0.1, 0.15) is 36.8 Å². The second-order valence-electron chi connectivity index (χ2n) is 5.21. The van der Waals surface area contributed by atoms with Crippen molar-refractivity contribution < 1.29 is 9.90 Å². The van der Waals surface area contributed by atoms with E-state index in [-0.39, 0.29) is 11.9 Å². The van der Waals surface area contributed by atoms with Gasteiger partial charge in [0.25, 0.3) is 0 Å². The molecule has 2 N–H and O–H groups in total. The number of aliphatic hydroxyl groups is 1. The molecule has 1 aliphatic rings. The lowest BCUT2D eigenvalue weighted by molar-refractivity contribution is -0.118. The van der Waals surface area contributed by atoms with Gasteiger partial charge in [-0.1, -0.05) is 42.7 Å². The molecule has 3 nitrogen and oxygen atoms in total. The Bertz CT molecular complexity index is 468. The minimum Gasteiger partial charge on any atom is -0.391 e. The molecule has 0 heterocycles. The van der Waals surface area contributed by atoms with Crippen molar-refractivity contribution in [3.8, 4) is 0 Å². The molecule has 0 bridgehead atoms. The highest BCUT2D eigenvalue weighted by molar-refractivity contribution is 5.91. The van der Waals surface area contributed by atoms with Crippen LogP contribution in [-0.4, -0.2) is 23.2 Å². The molecule has 0 aromatic heterocycles. The summed E-state index contributed by atoms with van der Waals surface area (Å²) in [7, 11) is 0. The number of hydrogen-bond acceptors (Lipinski definition) is 2. The van der Waals surface area contributed by atoms with Gasteiger partial charge in [-0.25, -0.2) is 0 Å². The standard InChI is InChI=1S/C16H21NO2/c1-12-5-4-6-13(11-12)9-10-16(19)17-14-7-2-3-8-15(14)18/h4-6,9-11,14-15,18H,2-3,7-8H2,1H3,(H,17,19). The van der Waals surface area contributed by atoms with Crippen molar-refractivity contribution in [1.82, 2.24) is 5.32 Å². The summed E-state index contributed by atoms with van der Waals surface area (Å²) in [5, 5.41) is 12.7. The predicted octanol–water partition coefficient (Wildman–Crippen LogP) is 2.43. The van der Waals surface area contributed by atoms with Gasteiger partial charge in [0, 0.05) is 6.08 Å². The van der Waals surface area contributed by atoms with Gasteiger partial charge in [-0.2, -0.15) is 0 Å². The topological polar surface area (TPSA) is 49.3 Å². The second-order valence-corrected chi connectivity index (χ2v) is 5.21. The molecule has 102 valence electrons. The number of amides is 1. The van der Waals surface area contributed by atoms with Crippen molar-refractivity contribution in [1.29, 1.82) is 0 Å². The highest BCUT2D eigenvalue weighted by atomic mass is 16.3. The Kier molecular flexibility index (Phi) is 4.74. The van der Waals surface area contributed by atoms with Crippen molar-refractivity contribution in [3.05, 3.63) is 41.5 Å². The number of rotatable bonds is 3. The Labute approximate surface area is 114 Å². The summed E-state index contributed by atoms with van der Waals surface area (Å²) in [5.74, 6) is -0.132. The lowest BCUT2D eigenvalue weighted by atomic mass is 9.92. The molecule has 1 aliphatic carbocycles. The molecule has 2 rings (SSSR count). The van der Waals surface area contributed by atoms with Crippen LogP contribution in [0, 0.1) is 6.92 Å². The second kappa shape index (κ2) is 6.53. The molecule has 1 saturated carbocycles. The van der Waals surface area contributed by atoms with Crippen LogP contribution >= 0.6 is 0 Å². The van der Waals surface area contributed by atoms with E-state index in [2.05, 4.69) is 5.32 Å². The predicted molar refractivity (Wildman–Crippen MR) is 76.6 cm³/mol. The average Bonchev–Trinajstić information content (AvgIpc) is 2.39. The minimum atomic E-state index is -0.398. The summed E-state index contributed by atoms with van der Waals surface area (Å²) in [6.07, 6.45) is 6.71. The van der Waals surface area contributed by atoms with Crippen molar-refractivity contribution in [2.45, 2.75) is 44.8 Å². The third-order valence-corrected chi connectivity index (χ3v) is 3.53. The van der Waals surface area contributed by atoms with E-state index in [1.54, 1.807) is 6.08 Å². The van der Waals surface area contributed by atoms with E-state index in [4.69, 9.17) is 0 Å². The van der Waals surface area contributed by atoms with Gasteiger partial charge in [0.15, 0.2) is 0 Å². The van der Waals surface area contributed by atoms with E-state index in [1.807, 2.05) is 31.2 Å². The van der Waals surface area contributed by atoms with Crippen LogP contribution in [0.15, 0.2) is 30.3 Å². The molecule has 1 aromatic carbocycles. The Hall–Kier alpha value is -1.61. The van der Waals surface area contributed by atoms with Crippen LogP contribution in [0.2, 0.25) is 0 Å². The van der Waals surface area contributed by atoms with E-state index in [1.165, 1.54) is 11.6 Å². The third-order valence-electron chi connectivity index (χ3n) is 3.53. The quantitative estimate of drug-likeness (QED) is 0.819. The molecule has 0 spiro atoms. The molecule has 0 aliphatic heterocycles. The molecule has 1 amide bonds. The van der Waals surface area contributed by atoms with E-state index in [0.29, 0.717) is 0 Å². The zero-order valence-electron chi connectivity index (χ0n) is 11.3. The van der Waals surface area contributed by atoms with Gasteiger partial charge >= 0.3 is 0 Å². The number of benzene rings is 1. The molecule has 3 heteroatoms. The Morgan fingerprint density at radius 1 is 1.37 bits per heavy atom. The maximum Gasteiger partial charge on any atom is 0.244 e. The zero-order valence-corrected chi connectivity index (χ0v) is 11.3. The number of nitrogens with one attached hydrogen (secondary N) is 1.